The number of unbranched alkanes of at least 4 members (excludes halogenated alkanes) is 1. The number of rotatable bonds is 7. The monoisotopic (exact) mass is 332 g/mol. The van der Waals surface area contributed by atoms with E-state index < -0.39 is 6.04 Å². The third-order valence-electron chi connectivity index (χ3n) is 4.08. The summed E-state index contributed by atoms with van der Waals surface area (Å²) < 4.78 is 0. The van der Waals surface area contributed by atoms with Crippen molar-refractivity contribution in [2.45, 2.75) is 65.8 Å². The van der Waals surface area contributed by atoms with Crippen LogP contribution in [0.15, 0.2) is 24.3 Å². The molecule has 1 rings (SSSR count). The van der Waals surface area contributed by atoms with E-state index in [1.807, 2.05) is 38.1 Å². The Morgan fingerprint density at radius 1 is 1.08 bits per heavy atom. The van der Waals surface area contributed by atoms with Crippen LogP contribution >= 0.6 is 0 Å². The van der Waals surface area contributed by atoms with Crippen LogP contribution in [0.4, 0.5) is 0 Å². The van der Waals surface area contributed by atoms with E-state index in [9.17, 15) is 9.59 Å². The second-order valence-corrected chi connectivity index (χ2v) is 7.67. The van der Waals surface area contributed by atoms with Crippen molar-refractivity contribution >= 4 is 11.8 Å². The molecule has 0 aliphatic heterocycles. The summed E-state index contributed by atoms with van der Waals surface area (Å²) in [5.74, 6) is -0.290. The summed E-state index contributed by atoms with van der Waals surface area (Å²) in [4.78, 5) is 24.7. The van der Waals surface area contributed by atoms with Crippen molar-refractivity contribution in [2.24, 2.45) is 5.92 Å². The fourth-order valence-corrected chi connectivity index (χ4v) is 2.38. The number of nitrogens with one attached hydrogen (secondary N) is 2. The molecular formula is C20H32N2O2. The highest BCUT2D eigenvalue weighted by Crippen LogP contribution is 2.22. The number of benzene rings is 1. The first-order chi connectivity index (χ1) is 11.2. The maximum absolute atomic E-state index is 12.5. The first kappa shape index (κ1) is 20.2. The highest BCUT2D eigenvalue weighted by Gasteiger charge is 2.24. The van der Waals surface area contributed by atoms with E-state index in [4.69, 9.17) is 0 Å². The molecule has 1 aromatic rings. The maximum atomic E-state index is 12.5. The summed E-state index contributed by atoms with van der Waals surface area (Å²) in [7, 11) is 0. The van der Waals surface area contributed by atoms with Gasteiger partial charge in [0.05, 0.1) is 0 Å². The molecule has 1 unspecified atom stereocenters. The quantitative estimate of drug-likeness (QED) is 0.749. The van der Waals surface area contributed by atoms with E-state index >= 15 is 0 Å². The molecule has 0 aliphatic carbocycles. The van der Waals surface area contributed by atoms with Crippen molar-refractivity contribution in [1.82, 2.24) is 10.6 Å². The highest BCUT2D eigenvalue weighted by molar-refractivity contribution is 5.97. The van der Waals surface area contributed by atoms with Gasteiger partial charge in [0.2, 0.25) is 5.91 Å². The molecule has 2 amide bonds. The standard InChI is InChI=1S/C20H32N2O2/c1-7-8-13-21-19(24)17(14(2)3)22-18(23)15-9-11-16(12-10-15)20(4,5)6/h9-12,14,17H,7-8,13H2,1-6H3,(H,21,24)(H,22,23). The van der Waals surface area contributed by atoms with Crippen LogP contribution in [-0.4, -0.2) is 24.4 Å². The molecule has 2 N–H and O–H groups in total. The Labute approximate surface area is 146 Å². The molecule has 0 saturated carbocycles. The topological polar surface area (TPSA) is 58.2 Å². The molecule has 0 aliphatic rings. The first-order valence-corrected chi connectivity index (χ1v) is 8.86. The van der Waals surface area contributed by atoms with Crippen LogP contribution < -0.4 is 10.6 Å². The van der Waals surface area contributed by atoms with Gasteiger partial charge in [0.25, 0.3) is 5.91 Å². The third-order valence-corrected chi connectivity index (χ3v) is 4.08. The minimum absolute atomic E-state index is 0.0319. The van der Waals surface area contributed by atoms with Crippen LogP contribution in [0.2, 0.25) is 0 Å². The van der Waals surface area contributed by atoms with E-state index in [1.165, 1.54) is 5.56 Å². The normalized spacial score (nSPS) is 12.8. The van der Waals surface area contributed by atoms with Crippen LogP contribution in [0.25, 0.3) is 0 Å². The van der Waals surface area contributed by atoms with Gasteiger partial charge in [0, 0.05) is 12.1 Å². The van der Waals surface area contributed by atoms with Crippen LogP contribution in [-0.2, 0) is 10.2 Å². The van der Waals surface area contributed by atoms with Gasteiger partial charge in [0.1, 0.15) is 6.04 Å². The smallest absolute Gasteiger partial charge is 0.251 e. The summed E-state index contributed by atoms with van der Waals surface area (Å²) in [6.45, 7) is 13.0. The molecule has 1 aromatic carbocycles. The minimum Gasteiger partial charge on any atom is -0.354 e. The van der Waals surface area contributed by atoms with Gasteiger partial charge in [-0.15, -0.1) is 0 Å². The van der Waals surface area contributed by atoms with E-state index in [1.54, 1.807) is 0 Å². The summed E-state index contributed by atoms with van der Waals surface area (Å²) in [5.41, 5.74) is 1.81. The fraction of sp³-hybridized carbons (Fsp3) is 0.600. The lowest BCUT2D eigenvalue weighted by atomic mass is 9.86. The molecule has 0 saturated heterocycles. The molecule has 134 valence electrons. The predicted molar refractivity (Wildman–Crippen MR) is 99.2 cm³/mol. The molecule has 24 heavy (non-hydrogen) atoms. The second kappa shape index (κ2) is 8.86. The van der Waals surface area contributed by atoms with Crippen molar-refractivity contribution < 1.29 is 9.59 Å². The predicted octanol–water partition coefficient (Wildman–Crippen LogP) is 3.65. The molecule has 4 heteroatoms. The average molecular weight is 332 g/mol. The van der Waals surface area contributed by atoms with Gasteiger partial charge in [-0.2, -0.15) is 0 Å². The number of hydrogen-bond acceptors (Lipinski definition) is 2. The highest BCUT2D eigenvalue weighted by atomic mass is 16.2. The molecule has 0 spiro atoms. The zero-order valence-corrected chi connectivity index (χ0v) is 15.9. The van der Waals surface area contributed by atoms with Gasteiger partial charge in [-0.3, -0.25) is 9.59 Å². The van der Waals surface area contributed by atoms with Crippen LogP contribution in [0.3, 0.4) is 0 Å². The van der Waals surface area contributed by atoms with Crippen LogP contribution in [0.5, 0.6) is 0 Å². The summed E-state index contributed by atoms with van der Waals surface area (Å²) in [5, 5.41) is 5.76. The van der Waals surface area contributed by atoms with Gasteiger partial charge >= 0.3 is 0 Å². The molecule has 1 atom stereocenters. The van der Waals surface area contributed by atoms with Crippen molar-refractivity contribution in [3.05, 3.63) is 35.4 Å². The zero-order valence-electron chi connectivity index (χ0n) is 15.9. The SMILES string of the molecule is CCCCNC(=O)C(NC(=O)c1ccc(C(C)(C)C)cc1)C(C)C. The van der Waals surface area contributed by atoms with Crippen LogP contribution in [0, 0.1) is 5.92 Å². The number of hydrogen-bond donors (Lipinski definition) is 2. The van der Waals surface area contributed by atoms with Crippen LogP contribution in [0.1, 0.15) is 70.3 Å². The van der Waals surface area contributed by atoms with Gasteiger partial charge in [0.15, 0.2) is 0 Å². The summed E-state index contributed by atoms with van der Waals surface area (Å²) >= 11 is 0. The van der Waals surface area contributed by atoms with E-state index in [0.29, 0.717) is 12.1 Å². The lowest BCUT2D eigenvalue weighted by Crippen LogP contribution is -2.49. The van der Waals surface area contributed by atoms with Crippen molar-refractivity contribution in [1.29, 1.82) is 0 Å². The fourth-order valence-electron chi connectivity index (χ4n) is 2.38. The first-order valence-electron chi connectivity index (χ1n) is 8.86. The molecule has 0 aromatic heterocycles. The Morgan fingerprint density at radius 3 is 2.12 bits per heavy atom. The van der Waals surface area contributed by atoms with E-state index in [2.05, 4.69) is 38.3 Å². The van der Waals surface area contributed by atoms with Gasteiger partial charge in [-0.1, -0.05) is 60.1 Å². The lowest BCUT2D eigenvalue weighted by Gasteiger charge is -2.22. The maximum Gasteiger partial charge on any atom is 0.251 e. The van der Waals surface area contributed by atoms with E-state index in [-0.39, 0.29) is 23.1 Å². The molecule has 0 bridgehead atoms. The summed E-state index contributed by atoms with van der Waals surface area (Å²) in [6, 6.07) is 7.07. The largest absolute Gasteiger partial charge is 0.354 e. The van der Waals surface area contributed by atoms with E-state index in [0.717, 1.165) is 12.8 Å². The number of carbonyl (C=O) groups excluding carboxylic acids is 2. The van der Waals surface area contributed by atoms with Crippen molar-refractivity contribution in [2.75, 3.05) is 6.54 Å². The molecule has 4 nitrogen and oxygen atoms in total. The van der Waals surface area contributed by atoms with Crippen molar-refractivity contribution in [3.63, 3.8) is 0 Å². The Balaban J connectivity index is 2.76. The van der Waals surface area contributed by atoms with Gasteiger partial charge < -0.3 is 10.6 Å². The Morgan fingerprint density at radius 2 is 1.67 bits per heavy atom. The zero-order chi connectivity index (χ0) is 18.3. The Hall–Kier alpha value is -1.84. The van der Waals surface area contributed by atoms with Crippen molar-refractivity contribution in [3.8, 4) is 0 Å². The molecule has 0 radical (unpaired) electrons. The Bertz CT molecular complexity index is 542. The third kappa shape index (κ3) is 5.99. The number of carbonyl (C=O) groups is 2. The van der Waals surface area contributed by atoms with Gasteiger partial charge in [-0.05, 0) is 35.4 Å². The summed E-state index contributed by atoms with van der Waals surface area (Å²) in [6.07, 6.45) is 1.97. The molecular weight excluding hydrogens is 300 g/mol. The van der Waals surface area contributed by atoms with Gasteiger partial charge in [-0.25, -0.2) is 0 Å². The average Bonchev–Trinajstić information content (AvgIpc) is 2.51. The molecule has 0 fully saturated rings. The number of amides is 2. The molecule has 0 heterocycles. The Kier molecular flexibility index (Phi) is 7.46. The minimum atomic E-state index is -0.517. The lowest BCUT2D eigenvalue weighted by molar-refractivity contribution is -0.123. The second-order valence-electron chi connectivity index (χ2n) is 7.67.